The maximum absolute atomic E-state index is 12.5. The molecule has 0 aliphatic carbocycles. The summed E-state index contributed by atoms with van der Waals surface area (Å²) in [5.41, 5.74) is 3.33. The predicted molar refractivity (Wildman–Crippen MR) is 106 cm³/mol. The van der Waals surface area contributed by atoms with Crippen molar-refractivity contribution in [2.45, 2.75) is 26.8 Å². The Hall–Kier alpha value is -2.99. The normalized spacial score (nSPS) is 11.9. The van der Waals surface area contributed by atoms with Crippen LogP contribution in [0, 0.1) is 13.8 Å². The van der Waals surface area contributed by atoms with Crippen LogP contribution in [0.5, 0.6) is 0 Å². The van der Waals surface area contributed by atoms with E-state index in [0.29, 0.717) is 16.4 Å². The van der Waals surface area contributed by atoms with Crippen LogP contribution in [0.4, 0.5) is 5.69 Å². The number of hydrogen-bond acceptors (Lipinski definition) is 4. The molecule has 1 aromatic heterocycles. The number of nitrogens with zero attached hydrogens (tertiary/aromatic N) is 3. The molecule has 3 rings (SSSR count). The molecule has 0 radical (unpaired) electrons. The minimum atomic E-state index is -0.801. The van der Waals surface area contributed by atoms with E-state index < -0.39 is 11.7 Å². The molecule has 0 bridgehead atoms. The topological polar surface area (TPSA) is 76.9 Å². The molecule has 2 aromatic carbocycles. The van der Waals surface area contributed by atoms with Gasteiger partial charge in [-0.3, -0.25) is 4.79 Å². The molecule has 27 heavy (non-hydrogen) atoms. The predicted octanol–water partition coefficient (Wildman–Crippen LogP) is 3.78. The number of aromatic nitrogens is 3. The summed E-state index contributed by atoms with van der Waals surface area (Å²) in [4.78, 5) is 28.9. The number of halogens is 1. The summed E-state index contributed by atoms with van der Waals surface area (Å²) in [6.07, 6.45) is 1.46. The minimum Gasteiger partial charge on any atom is -0.324 e. The van der Waals surface area contributed by atoms with E-state index >= 15 is 0 Å². The van der Waals surface area contributed by atoms with Crippen LogP contribution >= 0.6 is 11.6 Å². The smallest absolute Gasteiger partial charge is 0.324 e. The van der Waals surface area contributed by atoms with E-state index in [9.17, 15) is 9.59 Å². The highest BCUT2D eigenvalue weighted by Gasteiger charge is 2.19. The van der Waals surface area contributed by atoms with Crippen molar-refractivity contribution in [3.05, 3.63) is 75.3 Å². The number of rotatable bonds is 4. The molecule has 0 saturated carbocycles. The number of amides is 1. The molecule has 0 unspecified atom stereocenters. The first-order valence-corrected chi connectivity index (χ1v) is 8.82. The average molecular weight is 383 g/mol. The zero-order chi connectivity index (χ0) is 19.6. The van der Waals surface area contributed by atoms with Crippen LogP contribution in [-0.2, 0) is 4.79 Å². The summed E-state index contributed by atoms with van der Waals surface area (Å²) in [6, 6.07) is 11.9. The van der Waals surface area contributed by atoms with Crippen LogP contribution in [-0.4, -0.2) is 20.7 Å². The standard InChI is InChI=1S/C20H19ClN4O2/c1-12-8-13(2)10-17(9-12)23-19(26)14(3)25-20(27)24-18(11-22-25)15-4-6-16(21)7-5-15/h4-11,14H,1-3H3,(H,23,26)/t14-/m1/s1. The fraction of sp³-hybridized carbons (Fsp3) is 0.200. The van der Waals surface area contributed by atoms with Gasteiger partial charge in [0.1, 0.15) is 6.04 Å². The molecule has 6 nitrogen and oxygen atoms in total. The summed E-state index contributed by atoms with van der Waals surface area (Å²) < 4.78 is 1.07. The summed E-state index contributed by atoms with van der Waals surface area (Å²) >= 11 is 5.87. The third-order valence-electron chi connectivity index (χ3n) is 4.09. The van der Waals surface area contributed by atoms with Gasteiger partial charge in [0, 0.05) is 16.3 Å². The summed E-state index contributed by atoms with van der Waals surface area (Å²) in [5, 5.41) is 7.54. The lowest BCUT2D eigenvalue weighted by Gasteiger charge is -2.14. The monoisotopic (exact) mass is 382 g/mol. The maximum atomic E-state index is 12.5. The SMILES string of the molecule is Cc1cc(C)cc(NC(=O)[C@@H](C)n2ncc(-c3ccc(Cl)cc3)nc2=O)c1. The van der Waals surface area contributed by atoms with Gasteiger partial charge in [-0.05, 0) is 56.2 Å². The molecular weight excluding hydrogens is 364 g/mol. The first-order chi connectivity index (χ1) is 12.8. The van der Waals surface area contributed by atoms with Gasteiger partial charge >= 0.3 is 5.69 Å². The van der Waals surface area contributed by atoms with Crippen LogP contribution < -0.4 is 11.0 Å². The second-order valence-corrected chi connectivity index (χ2v) is 6.85. The lowest BCUT2D eigenvalue weighted by atomic mass is 10.1. The molecule has 138 valence electrons. The van der Waals surface area contributed by atoms with Gasteiger partial charge in [0.2, 0.25) is 5.91 Å². The zero-order valence-corrected chi connectivity index (χ0v) is 16.0. The number of carbonyl (C=O) groups is 1. The number of carbonyl (C=O) groups excluding carboxylic acids is 1. The van der Waals surface area contributed by atoms with Gasteiger partial charge in [0.05, 0.1) is 11.9 Å². The molecule has 0 aliphatic rings. The number of anilines is 1. The molecule has 3 aromatic rings. The Bertz CT molecular complexity index is 1020. The van der Waals surface area contributed by atoms with Gasteiger partial charge in [-0.25, -0.2) is 9.48 Å². The van der Waals surface area contributed by atoms with E-state index in [4.69, 9.17) is 11.6 Å². The maximum Gasteiger partial charge on any atom is 0.365 e. The van der Waals surface area contributed by atoms with Crippen LogP contribution in [0.3, 0.4) is 0 Å². The Kier molecular flexibility index (Phi) is 5.37. The van der Waals surface area contributed by atoms with Gasteiger partial charge in [0.25, 0.3) is 0 Å². The van der Waals surface area contributed by atoms with Crippen molar-refractivity contribution in [2.24, 2.45) is 0 Å². The lowest BCUT2D eigenvalue weighted by Crippen LogP contribution is -2.34. The largest absolute Gasteiger partial charge is 0.365 e. The molecule has 0 aliphatic heterocycles. The number of nitrogens with one attached hydrogen (secondary N) is 1. The quantitative estimate of drug-likeness (QED) is 0.745. The second kappa shape index (κ2) is 7.72. The van der Waals surface area contributed by atoms with Gasteiger partial charge in [-0.2, -0.15) is 10.1 Å². The van der Waals surface area contributed by atoms with Crippen molar-refractivity contribution in [1.29, 1.82) is 0 Å². The summed E-state index contributed by atoms with van der Waals surface area (Å²) in [7, 11) is 0. The van der Waals surface area contributed by atoms with Crippen molar-refractivity contribution in [1.82, 2.24) is 14.8 Å². The first-order valence-electron chi connectivity index (χ1n) is 8.44. The Balaban J connectivity index is 1.81. The molecular formula is C20H19ClN4O2. The molecule has 0 fully saturated rings. The van der Waals surface area contributed by atoms with E-state index in [1.54, 1.807) is 31.2 Å². The summed E-state index contributed by atoms with van der Waals surface area (Å²) in [6.45, 7) is 5.52. The molecule has 1 amide bonds. The molecule has 1 N–H and O–H groups in total. The fourth-order valence-electron chi connectivity index (χ4n) is 2.78. The molecule has 0 saturated heterocycles. The van der Waals surface area contributed by atoms with E-state index in [0.717, 1.165) is 21.4 Å². The van der Waals surface area contributed by atoms with Crippen molar-refractivity contribution in [3.63, 3.8) is 0 Å². The third-order valence-corrected chi connectivity index (χ3v) is 4.34. The second-order valence-electron chi connectivity index (χ2n) is 6.42. The number of hydrogen-bond donors (Lipinski definition) is 1. The molecule has 0 spiro atoms. The van der Waals surface area contributed by atoms with Crippen molar-refractivity contribution >= 4 is 23.2 Å². The van der Waals surface area contributed by atoms with Crippen molar-refractivity contribution < 1.29 is 4.79 Å². The van der Waals surface area contributed by atoms with Crippen LogP contribution in [0.15, 0.2) is 53.5 Å². The van der Waals surface area contributed by atoms with E-state index in [1.807, 2.05) is 32.0 Å². The van der Waals surface area contributed by atoms with Gasteiger partial charge in [0.15, 0.2) is 0 Å². The Morgan fingerprint density at radius 1 is 1.11 bits per heavy atom. The Labute approximate surface area is 161 Å². The lowest BCUT2D eigenvalue weighted by molar-refractivity contribution is -0.119. The summed E-state index contributed by atoms with van der Waals surface area (Å²) in [5.74, 6) is -0.337. The Morgan fingerprint density at radius 2 is 1.74 bits per heavy atom. The fourth-order valence-corrected chi connectivity index (χ4v) is 2.91. The van der Waals surface area contributed by atoms with E-state index in [-0.39, 0.29) is 5.91 Å². The highest BCUT2D eigenvalue weighted by atomic mass is 35.5. The Morgan fingerprint density at radius 3 is 2.33 bits per heavy atom. The first kappa shape index (κ1) is 18.8. The highest BCUT2D eigenvalue weighted by Crippen LogP contribution is 2.18. The van der Waals surface area contributed by atoms with Gasteiger partial charge < -0.3 is 5.32 Å². The molecule has 1 atom stereocenters. The van der Waals surface area contributed by atoms with Gasteiger partial charge in [-0.1, -0.05) is 29.8 Å². The van der Waals surface area contributed by atoms with Crippen molar-refractivity contribution in [3.8, 4) is 11.3 Å². The van der Waals surface area contributed by atoms with E-state index in [1.165, 1.54) is 6.20 Å². The highest BCUT2D eigenvalue weighted by molar-refractivity contribution is 6.30. The van der Waals surface area contributed by atoms with E-state index in [2.05, 4.69) is 15.4 Å². The minimum absolute atomic E-state index is 0.337. The third kappa shape index (κ3) is 4.41. The van der Waals surface area contributed by atoms with Crippen LogP contribution in [0.25, 0.3) is 11.3 Å². The zero-order valence-electron chi connectivity index (χ0n) is 15.2. The van der Waals surface area contributed by atoms with Crippen LogP contribution in [0.2, 0.25) is 5.02 Å². The van der Waals surface area contributed by atoms with Crippen molar-refractivity contribution in [2.75, 3.05) is 5.32 Å². The number of benzene rings is 2. The molecule has 1 heterocycles. The average Bonchev–Trinajstić information content (AvgIpc) is 2.60. The molecule has 7 heteroatoms. The van der Waals surface area contributed by atoms with Gasteiger partial charge in [-0.15, -0.1) is 0 Å². The van der Waals surface area contributed by atoms with Crippen LogP contribution in [0.1, 0.15) is 24.1 Å². The number of aryl methyl sites for hydroxylation is 2.